The van der Waals surface area contributed by atoms with Crippen LogP contribution in [0.5, 0.6) is 5.75 Å². The van der Waals surface area contributed by atoms with Crippen LogP contribution in [0.4, 0.5) is 5.69 Å². The molecule has 0 radical (unpaired) electrons. The molecule has 0 aliphatic rings. The van der Waals surface area contributed by atoms with E-state index in [0.29, 0.717) is 24.0 Å². The first-order valence-electron chi connectivity index (χ1n) is 6.40. The van der Waals surface area contributed by atoms with Gasteiger partial charge in [-0.25, -0.2) is 0 Å². The zero-order chi connectivity index (χ0) is 13.8. The Morgan fingerprint density at radius 2 is 2.05 bits per heavy atom. The summed E-state index contributed by atoms with van der Waals surface area (Å²) < 4.78 is 0. The average Bonchev–Trinajstić information content (AvgIpc) is 2.85. The molecule has 0 bridgehead atoms. The third-order valence-electron chi connectivity index (χ3n) is 3.15. The maximum absolute atomic E-state index is 9.91. The van der Waals surface area contributed by atoms with Crippen molar-refractivity contribution in [1.29, 1.82) is 0 Å². The van der Waals surface area contributed by atoms with Crippen molar-refractivity contribution in [2.45, 2.75) is 33.0 Å². The molecule has 0 amide bonds. The van der Waals surface area contributed by atoms with Gasteiger partial charge in [0.05, 0.1) is 0 Å². The average molecular weight is 276 g/mol. The Morgan fingerprint density at radius 3 is 2.68 bits per heavy atom. The lowest BCUT2D eigenvalue weighted by Crippen LogP contribution is -2.29. The molecule has 0 aliphatic carbocycles. The Morgan fingerprint density at radius 1 is 1.26 bits per heavy atom. The Kier molecular flexibility index (Phi) is 4.45. The fourth-order valence-corrected chi connectivity index (χ4v) is 2.70. The molecule has 0 saturated carbocycles. The predicted octanol–water partition coefficient (Wildman–Crippen LogP) is 3.45. The quantitative estimate of drug-likeness (QED) is 0.649. The first-order chi connectivity index (χ1) is 9.06. The molecule has 0 atom stereocenters. The van der Waals surface area contributed by atoms with Crippen molar-refractivity contribution in [3.63, 3.8) is 0 Å². The summed E-state index contributed by atoms with van der Waals surface area (Å²) in [5.41, 5.74) is 7.36. The van der Waals surface area contributed by atoms with Crippen molar-refractivity contribution in [1.82, 2.24) is 4.90 Å². The lowest BCUT2D eigenvalue weighted by molar-refractivity contribution is 0.203. The SMILES string of the molecule is CC(C)N(Cc1cccs1)Cc1cc(N)ccc1O. The fourth-order valence-electron chi connectivity index (χ4n) is 1.97. The van der Waals surface area contributed by atoms with Crippen LogP contribution in [-0.4, -0.2) is 16.0 Å². The molecule has 1 heterocycles. The van der Waals surface area contributed by atoms with Crippen LogP contribution in [0.1, 0.15) is 24.3 Å². The van der Waals surface area contributed by atoms with Crippen LogP contribution < -0.4 is 5.73 Å². The lowest BCUT2D eigenvalue weighted by atomic mass is 10.1. The smallest absolute Gasteiger partial charge is 0.120 e. The molecule has 2 rings (SSSR count). The van der Waals surface area contributed by atoms with Crippen LogP contribution in [0.3, 0.4) is 0 Å². The van der Waals surface area contributed by atoms with Crippen LogP contribution in [-0.2, 0) is 13.1 Å². The van der Waals surface area contributed by atoms with Gasteiger partial charge in [-0.3, -0.25) is 4.90 Å². The highest BCUT2D eigenvalue weighted by Crippen LogP contribution is 2.24. The van der Waals surface area contributed by atoms with E-state index in [1.165, 1.54) is 4.88 Å². The van der Waals surface area contributed by atoms with Gasteiger partial charge in [0.2, 0.25) is 0 Å². The Bertz CT molecular complexity index is 523. The number of nitrogens with zero attached hydrogens (tertiary/aromatic N) is 1. The van der Waals surface area contributed by atoms with Crippen molar-refractivity contribution < 1.29 is 5.11 Å². The summed E-state index contributed by atoms with van der Waals surface area (Å²) in [6, 6.07) is 9.84. The molecule has 2 aromatic rings. The largest absolute Gasteiger partial charge is 0.508 e. The third kappa shape index (κ3) is 3.72. The predicted molar refractivity (Wildman–Crippen MR) is 81.2 cm³/mol. The minimum absolute atomic E-state index is 0.311. The number of nitrogen functional groups attached to an aromatic ring is 1. The van der Waals surface area contributed by atoms with E-state index in [0.717, 1.165) is 12.1 Å². The van der Waals surface area contributed by atoms with Gasteiger partial charge in [-0.05, 0) is 43.5 Å². The molecular formula is C15H20N2OS. The lowest BCUT2D eigenvalue weighted by Gasteiger charge is -2.26. The Balaban J connectivity index is 2.14. The summed E-state index contributed by atoms with van der Waals surface area (Å²) in [5.74, 6) is 0.311. The molecule has 0 fully saturated rings. The van der Waals surface area contributed by atoms with E-state index in [1.54, 1.807) is 23.5 Å². The number of benzene rings is 1. The van der Waals surface area contributed by atoms with E-state index >= 15 is 0 Å². The summed E-state index contributed by atoms with van der Waals surface area (Å²) in [4.78, 5) is 3.65. The van der Waals surface area contributed by atoms with Crippen molar-refractivity contribution in [3.8, 4) is 5.75 Å². The summed E-state index contributed by atoms with van der Waals surface area (Å²) in [5, 5.41) is 12.0. The molecule has 4 heteroatoms. The Hall–Kier alpha value is -1.52. The summed E-state index contributed by atoms with van der Waals surface area (Å²) >= 11 is 1.76. The van der Waals surface area contributed by atoms with Crippen molar-refractivity contribution in [3.05, 3.63) is 46.2 Å². The number of anilines is 1. The van der Waals surface area contributed by atoms with Crippen LogP contribution >= 0.6 is 11.3 Å². The van der Waals surface area contributed by atoms with Gasteiger partial charge in [0.15, 0.2) is 0 Å². The van der Waals surface area contributed by atoms with Crippen molar-refractivity contribution in [2.24, 2.45) is 0 Å². The number of phenolic OH excluding ortho intramolecular Hbond substituents is 1. The molecule has 0 spiro atoms. The molecular weight excluding hydrogens is 256 g/mol. The van der Waals surface area contributed by atoms with Gasteiger partial charge in [0.1, 0.15) is 5.75 Å². The van der Waals surface area contributed by atoms with E-state index in [1.807, 2.05) is 6.07 Å². The van der Waals surface area contributed by atoms with Gasteiger partial charge in [-0.15, -0.1) is 11.3 Å². The number of nitrogens with two attached hydrogens (primary N) is 1. The van der Waals surface area contributed by atoms with E-state index in [-0.39, 0.29) is 0 Å². The molecule has 3 N–H and O–H groups in total. The number of hydrogen-bond acceptors (Lipinski definition) is 4. The minimum atomic E-state index is 0.311. The highest BCUT2D eigenvalue weighted by molar-refractivity contribution is 7.09. The first-order valence-corrected chi connectivity index (χ1v) is 7.28. The molecule has 1 aromatic heterocycles. The van der Waals surface area contributed by atoms with Gasteiger partial charge in [-0.1, -0.05) is 6.07 Å². The van der Waals surface area contributed by atoms with Gasteiger partial charge in [-0.2, -0.15) is 0 Å². The molecule has 19 heavy (non-hydrogen) atoms. The second kappa shape index (κ2) is 6.08. The zero-order valence-electron chi connectivity index (χ0n) is 11.3. The highest BCUT2D eigenvalue weighted by atomic mass is 32.1. The molecule has 3 nitrogen and oxygen atoms in total. The maximum atomic E-state index is 9.91. The summed E-state index contributed by atoms with van der Waals surface area (Å²) in [6.07, 6.45) is 0. The van der Waals surface area contributed by atoms with E-state index in [4.69, 9.17) is 5.73 Å². The second-order valence-electron chi connectivity index (χ2n) is 4.97. The van der Waals surface area contributed by atoms with Crippen LogP contribution in [0, 0.1) is 0 Å². The minimum Gasteiger partial charge on any atom is -0.508 e. The highest BCUT2D eigenvalue weighted by Gasteiger charge is 2.13. The standard InChI is InChI=1S/C15H20N2OS/c1-11(2)17(10-14-4-3-7-19-14)9-12-8-13(16)5-6-15(12)18/h3-8,11,18H,9-10,16H2,1-2H3. The van der Waals surface area contributed by atoms with Gasteiger partial charge < -0.3 is 10.8 Å². The van der Waals surface area contributed by atoms with Crippen LogP contribution in [0.2, 0.25) is 0 Å². The van der Waals surface area contributed by atoms with Crippen molar-refractivity contribution in [2.75, 3.05) is 5.73 Å². The normalized spacial score (nSPS) is 11.4. The number of rotatable bonds is 5. The van der Waals surface area contributed by atoms with Crippen molar-refractivity contribution >= 4 is 17.0 Å². The third-order valence-corrected chi connectivity index (χ3v) is 4.01. The fraction of sp³-hybridized carbons (Fsp3) is 0.333. The topological polar surface area (TPSA) is 49.5 Å². The second-order valence-corrected chi connectivity index (χ2v) is 6.00. The molecule has 102 valence electrons. The van der Waals surface area contributed by atoms with E-state index < -0.39 is 0 Å². The summed E-state index contributed by atoms with van der Waals surface area (Å²) in [6.45, 7) is 5.92. The summed E-state index contributed by atoms with van der Waals surface area (Å²) in [7, 11) is 0. The number of thiophene rings is 1. The number of aromatic hydroxyl groups is 1. The first kappa shape index (κ1) is 13.9. The van der Waals surface area contributed by atoms with E-state index in [9.17, 15) is 5.11 Å². The molecule has 0 aliphatic heterocycles. The van der Waals surface area contributed by atoms with Gasteiger partial charge in [0, 0.05) is 35.3 Å². The van der Waals surface area contributed by atoms with Gasteiger partial charge >= 0.3 is 0 Å². The zero-order valence-corrected chi connectivity index (χ0v) is 12.2. The molecule has 0 saturated heterocycles. The monoisotopic (exact) mass is 276 g/mol. The van der Waals surface area contributed by atoms with E-state index in [2.05, 4.69) is 36.3 Å². The molecule has 0 unspecified atom stereocenters. The number of phenols is 1. The van der Waals surface area contributed by atoms with Crippen LogP contribution in [0.25, 0.3) is 0 Å². The van der Waals surface area contributed by atoms with Crippen LogP contribution in [0.15, 0.2) is 35.7 Å². The molecule has 1 aromatic carbocycles. The maximum Gasteiger partial charge on any atom is 0.120 e. The van der Waals surface area contributed by atoms with Gasteiger partial charge in [0.25, 0.3) is 0 Å². The Labute approximate surface area is 118 Å². The number of hydrogen-bond donors (Lipinski definition) is 2.